The normalized spacial score (nSPS) is 12.9. The van der Waals surface area contributed by atoms with E-state index in [1.165, 1.54) is 16.9 Å². The fourth-order valence-corrected chi connectivity index (χ4v) is 1.49. The van der Waals surface area contributed by atoms with Gasteiger partial charge in [-0.15, -0.1) is 0 Å². The van der Waals surface area contributed by atoms with Crippen molar-refractivity contribution in [2.24, 2.45) is 5.73 Å². The van der Waals surface area contributed by atoms with E-state index in [1.807, 2.05) is 0 Å². The molecule has 1 atom stereocenters. The smallest absolute Gasteiger partial charge is 0.326 e. The van der Waals surface area contributed by atoms with E-state index in [9.17, 15) is 4.79 Å². The molecule has 1 unspecified atom stereocenters. The SMILES string of the molecule is NC(C(=O)O)c1nc2ccncn2c1Cl. The summed E-state index contributed by atoms with van der Waals surface area (Å²) in [5.41, 5.74) is 6.07. The van der Waals surface area contributed by atoms with Gasteiger partial charge < -0.3 is 10.8 Å². The van der Waals surface area contributed by atoms with Crippen molar-refractivity contribution >= 4 is 23.2 Å². The number of carboxylic acid groups (broad SMARTS) is 1. The van der Waals surface area contributed by atoms with Gasteiger partial charge in [0.2, 0.25) is 0 Å². The molecule has 0 bridgehead atoms. The Morgan fingerprint density at radius 2 is 2.40 bits per heavy atom. The van der Waals surface area contributed by atoms with Crippen LogP contribution in [0.4, 0.5) is 0 Å². The lowest BCUT2D eigenvalue weighted by atomic mass is 10.2. The van der Waals surface area contributed by atoms with Crippen molar-refractivity contribution in [3.63, 3.8) is 0 Å². The summed E-state index contributed by atoms with van der Waals surface area (Å²) in [5, 5.41) is 8.91. The largest absolute Gasteiger partial charge is 0.480 e. The van der Waals surface area contributed by atoms with Gasteiger partial charge in [0.15, 0.2) is 0 Å². The molecule has 2 aromatic rings. The van der Waals surface area contributed by atoms with Gasteiger partial charge in [-0.05, 0) is 6.07 Å². The molecular weight excluding hydrogens is 220 g/mol. The summed E-state index contributed by atoms with van der Waals surface area (Å²) in [6.07, 6.45) is 2.98. The van der Waals surface area contributed by atoms with Crippen LogP contribution in [0.25, 0.3) is 5.65 Å². The number of halogens is 1. The zero-order valence-corrected chi connectivity index (χ0v) is 8.22. The molecule has 78 valence electrons. The summed E-state index contributed by atoms with van der Waals surface area (Å²) in [6.45, 7) is 0. The van der Waals surface area contributed by atoms with Gasteiger partial charge in [-0.25, -0.2) is 9.97 Å². The number of hydrogen-bond donors (Lipinski definition) is 2. The number of aromatic nitrogens is 3. The maximum Gasteiger partial charge on any atom is 0.326 e. The average Bonchev–Trinajstić information content (AvgIpc) is 2.56. The molecule has 2 heterocycles. The molecule has 0 aliphatic heterocycles. The number of aliphatic carboxylic acids is 1. The second-order valence-electron chi connectivity index (χ2n) is 2.91. The first-order valence-electron chi connectivity index (χ1n) is 4.07. The van der Waals surface area contributed by atoms with E-state index in [4.69, 9.17) is 22.4 Å². The minimum Gasteiger partial charge on any atom is -0.480 e. The lowest BCUT2D eigenvalue weighted by Gasteiger charge is -2.01. The molecule has 2 rings (SSSR count). The number of carboxylic acids is 1. The minimum absolute atomic E-state index is 0.136. The first-order valence-corrected chi connectivity index (χ1v) is 4.45. The lowest BCUT2D eigenvalue weighted by Crippen LogP contribution is -2.21. The second kappa shape index (κ2) is 3.48. The molecule has 3 N–H and O–H groups in total. The minimum atomic E-state index is -1.22. The van der Waals surface area contributed by atoms with Gasteiger partial charge in [0.1, 0.15) is 28.9 Å². The van der Waals surface area contributed by atoms with Crippen molar-refractivity contribution in [3.05, 3.63) is 29.4 Å². The summed E-state index contributed by atoms with van der Waals surface area (Å²) < 4.78 is 1.47. The van der Waals surface area contributed by atoms with Gasteiger partial charge in [0, 0.05) is 6.20 Å². The third kappa shape index (κ3) is 1.53. The molecule has 0 saturated carbocycles. The highest BCUT2D eigenvalue weighted by atomic mass is 35.5. The van der Waals surface area contributed by atoms with Crippen LogP contribution < -0.4 is 5.73 Å². The Bertz CT molecular complexity index is 524. The molecule has 0 amide bonds. The monoisotopic (exact) mass is 226 g/mol. The van der Waals surface area contributed by atoms with E-state index < -0.39 is 12.0 Å². The highest BCUT2D eigenvalue weighted by Gasteiger charge is 2.22. The Hall–Kier alpha value is -1.66. The van der Waals surface area contributed by atoms with Crippen LogP contribution >= 0.6 is 11.6 Å². The van der Waals surface area contributed by atoms with E-state index >= 15 is 0 Å². The van der Waals surface area contributed by atoms with Crippen LogP contribution in [0, 0.1) is 0 Å². The summed E-state index contributed by atoms with van der Waals surface area (Å²) >= 11 is 5.91. The van der Waals surface area contributed by atoms with Crippen molar-refractivity contribution in [1.82, 2.24) is 14.4 Å². The molecule has 15 heavy (non-hydrogen) atoms. The number of hydrogen-bond acceptors (Lipinski definition) is 4. The Morgan fingerprint density at radius 1 is 1.67 bits per heavy atom. The van der Waals surface area contributed by atoms with Crippen LogP contribution in [0.15, 0.2) is 18.6 Å². The van der Waals surface area contributed by atoms with E-state index in [0.717, 1.165) is 0 Å². The number of fused-ring (bicyclic) bond motifs is 1. The molecule has 2 aromatic heterocycles. The van der Waals surface area contributed by atoms with Gasteiger partial charge in [0.25, 0.3) is 0 Å². The summed E-state index contributed by atoms with van der Waals surface area (Å²) in [5.74, 6) is -1.17. The molecule has 0 aliphatic rings. The Kier molecular flexibility index (Phi) is 2.29. The van der Waals surface area contributed by atoms with Gasteiger partial charge in [-0.1, -0.05) is 11.6 Å². The summed E-state index contributed by atoms with van der Waals surface area (Å²) in [7, 11) is 0. The zero-order chi connectivity index (χ0) is 11.0. The van der Waals surface area contributed by atoms with Crippen molar-refractivity contribution in [2.45, 2.75) is 6.04 Å². The van der Waals surface area contributed by atoms with Crippen LogP contribution in [0.3, 0.4) is 0 Å². The number of nitrogens with two attached hydrogens (primary N) is 1. The maximum absolute atomic E-state index is 10.7. The van der Waals surface area contributed by atoms with Crippen LogP contribution in [0.1, 0.15) is 11.7 Å². The lowest BCUT2D eigenvalue weighted by molar-refractivity contribution is -0.138. The molecule has 0 fully saturated rings. The first kappa shape index (κ1) is 9.88. The van der Waals surface area contributed by atoms with Gasteiger partial charge >= 0.3 is 5.97 Å². The molecule has 0 aliphatic carbocycles. The first-order chi connectivity index (χ1) is 7.11. The fourth-order valence-electron chi connectivity index (χ4n) is 1.20. The van der Waals surface area contributed by atoms with Crippen molar-refractivity contribution in [3.8, 4) is 0 Å². The fraction of sp³-hybridized carbons (Fsp3) is 0.125. The van der Waals surface area contributed by atoms with Crippen molar-refractivity contribution < 1.29 is 9.90 Å². The van der Waals surface area contributed by atoms with E-state index in [1.54, 1.807) is 6.07 Å². The zero-order valence-electron chi connectivity index (χ0n) is 7.46. The Morgan fingerprint density at radius 3 is 3.00 bits per heavy atom. The molecule has 0 radical (unpaired) electrons. The van der Waals surface area contributed by atoms with Gasteiger partial charge in [-0.2, -0.15) is 0 Å². The molecule has 0 saturated heterocycles. The predicted octanol–water partition coefficient (Wildman–Crippen LogP) is 0.467. The quantitative estimate of drug-likeness (QED) is 0.776. The highest BCUT2D eigenvalue weighted by Crippen LogP contribution is 2.22. The standard InChI is InChI=1S/C8H7ClN4O2/c9-7-6(5(10)8(14)15)12-4-1-2-11-3-13(4)7/h1-3,5H,10H2,(H,14,15). The topological polar surface area (TPSA) is 93.5 Å². The van der Waals surface area contributed by atoms with Crippen LogP contribution in [0.2, 0.25) is 5.15 Å². The van der Waals surface area contributed by atoms with Crippen LogP contribution in [-0.2, 0) is 4.79 Å². The number of imidazole rings is 1. The summed E-state index contributed by atoms with van der Waals surface area (Å²) in [6, 6.07) is 0.390. The van der Waals surface area contributed by atoms with E-state index in [-0.39, 0.29) is 10.8 Å². The number of rotatable bonds is 2. The molecule has 6 nitrogen and oxygen atoms in total. The molecular formula is C8H7ClN4O2. The van der Waals surface area contributed by atoms with Crippen molar-refractivity contribution in [2.75, 3.05) is 0 Å². The number of nitrogens with zero attached hydrogens (tertiary/aromatic N) is 3. The predicted molar refractivity (Wildman–Crippen MR) is 52.6 cm³/mol. The van der Waals surface area contributed by atoms with Gasteiger partial charge in [0.05, 0.1) is 0 Å². The summed E-state index contributed by atoms with van der Waals surface area (Å²) in [4.78, 5) is 18.5. The third-order valence-corrected chi connectivity index (χ3v) is 2.33. The van der Waals surface area contributed by atoms with Crippen molar-refractivity contribution in [1.29, 1.82) is 0 Å². The van der Waals surface area contributed by atoms with E-state index in [2.05, 4.69) is 9.97 Å². The number of carbonyl (C=O) groups is 1. The van der Waals surface area contributed by atoms with Gasteiger partial charge in [-0.3, -0.25) is 9.20 Å². The van der Waals surface area contributed by atoms with E-state index in [0.29, 0.717) is 5.65 Å². The molecule has 0 aromatic carbocycles. The average molecular weight is 227 g/mol. The molecule has 7 heteroatoms. The molecule has 0 spiro atoms. The van der Waals surface area contributed by atoms with Crippen LogP contribution in [0.5, 0.6) is 0 Å². The maximum atomic E-state index is 10.7. The third-order valence-electron chi connectivity index (χ3n) is 1.96. The Balaban J connectivity index is 2.63. The van der Waals surface area contributed by atoms with Crippen LogP contribution in [-0.4, -0.2) is 25.4 Å². The Labute approximate surface area is 89.3 Å². The highest BCUT2D eigenvalue weighted by molar-refractivity contribution is 6.30. The second-order valence-corrected chi connectivity index (χ2v) is 3.27.